The Labute approximate surface area is 384 Å². The molecule has 4 heterocycles. The molecule has 1 unspecified atom stereocenters. The fraction of sp³-hybridized carbons (Fsp3) is 0.0820. The number of benzene rings is 10. The molecule has 2 atom stereocenters. The van der Waals surface area contributed by atoms with Gasteiger partial charge in [-0.25, -0.2) is 4.99 Å². The molecule has 0 bridgehead atoms. The van der Waals surface area contributed by atoms with Crippen LogP contribution in [0.25, 0.3) is 102 Å². The summed E-state index contributed by atoms with van der Waals surface area (Å²) in [4.78, 5) is 11.5. The number of nitrogens with zero attached hydrogens (tertiary/aromatic N) is 3. The minimum atomic E-state index is -0.165. The molecule has 10 aromatic carbocycles. The average Bonchev–Trinajstić information content (AvgIpc) is 4.04. The van der Waals surface area contributed by atoms with E-state index in [1.165, 1.54) is 85.5 Å². The molecule has 4 nitrogen and oxygen atoms in total. The number of furan rings is 1. The van der Waals surface area contributed by atoms with E-state index >= 15 is 0 Å². The van der Waals surface area contributed by atoms with Gasteiger partial charge in [-0.2, -0.15) is 0 Å². The van der Waals surface area contributed by atoms with Crippen LogP contribution in [0.1, 0.15) is 42.5 Å². The van der Waals surface area contributed by atoms with Crippen molar-refractivity contribution in [1.29, 1.82) is 0 Å². The molecular formula is C61H41N3OS. The number of hydrogen-bond acceptors (Lipinski definition) is 4. The van der Waals surface area contributed by atoms with Gasteiger partial charge in [0.2, 0.25) is 0 Å². The molecule has 14 rings (SSSR count). The van der Waals surface area contributed by atoms with Crippen LogP contribution in [-0.2, 0) is 0 Å². The van der Waals surface area contributed by atoms with E-state index in [1.807, 2.05) is 17.4 Å². The van der Waals surface area contributed by atoms with Crippen molar-refractivity contribution >= 4 is 119 Å². The zero-order valence-electron chi connectivity index (χ0n) is 36.2. The molecular weight excluding hydrogens is 823 g/mol. The first kappa shape index (κ1) is 37.5. The first-order valence-electron chi connectivity index (χ1n) is 23.0. The van der Waals surface area contributed by atoms with Gasteiger partial charge in [0.25, 0.3) is 0 Å². The summed E-state index contributed by atoms with van der Waals surface area (Å²) in [6.07, 6.45) is 1.71. The van der Waals surface area contributed by atoms with Crippen LogP contribution in [0.3, 0.4) is 0 Å². The fourth-order valence-electron chi connectivity index (χ4n) is 11.0. The Bertz CT molecular complexity index is 4220. The Kier molecular flexibility index (Phi) is 8.29. The summed E-state index contributed by atoms with van der Waals surface area (Å²) < 4.78 is 11.5. The van der Waals surface area contributed by atoms with Crippen molar-refractivity contribution in [2.45, 2.75) is 25.8 Å². The van der Waals surface area contributed by atoms with Gasteiger partial charge in [0.05, 0.1) is 28.5 Å². The number of fused-ring (bicyclic) bond motifs is 13. The van der Waals surface area contributed by atoms with Crippen LogP contribution in [0.2, 0.25) is 0 Å². The Morgan fingerprint density at radius 2 is 1.23 bits per heavy atom. The number of amidine groups is 1. The molecule has 5 heteroatoms. The van der Waals surface area contributed by atoms with Gasteiger partial charge in [-0.3, -0.25) is 4.99 Å². The van der Waals surface area contributed by atoms with E-state index in [-0.39, 0.29) is 12.0 Å². The van der Waals surface area contributed by atoms with Gasteiger partial charge in [0.15, 0.2) is 5.84 Å². The summed E-state index contributed by atoms with van der Waals surface area (Å²) in [6, 6.07) is 70.7. The quantitative estimate of drug-likeness (QED) is 0.174. The molecule has 0 saturated carbocycles. The van der Waals surface area contributed by atoms with Gasteiger partial charge >= 0.3 is 0 Å². The van der Waals surface area contributed by atoms with Gasteiger partial charge in [-0.05, 0) is 99.8 Å². The number of rotatable bonds is 4. The molecule has 0 aliphatic carbocycles. The summed E-state index contributed by atoms with van der Waals surface area (Å²) in [5.41, 5.74) is 9.75. The lowest BCUT2D eigenvalue weighted by Crippen LogP contribution is -2.18. The van der Waals surface area contributed by atoms with E-state index in [1.54, 1.807) is 0 Å². The number of para-hydroxylation sites is 1. The predicted octanol–water partition coefficient (Wildman–Crippen LogP) is 16.9. The standard InChI is InChI=1S/C61H41N3OS/c1-36-25-30-50(46-21-12-23-54-57(46)47-19-8-10-22-53(47)65-54)62-61(42-27-26-37-13-2-3-15-39(37)31-42)63-59(36)43-34-52(58-48-20-9-11-24-55(48)66-56(58)35-43)64-51-33-41-17-5-4-16-40(41)32-49(51)45-29-28-38-14-6-7-18-44(38)60(45)64/h2-24,26-29,31-36,59H,25,30H2,1H3/b62-50+,63-61-/t36-,59?/m1/s1. The summed E-state index contributed by atoms with van der Waals surface area (Å²) >= 11 is 1.88. The highest BCUT2D eigenvalue weighted by atomic mass is 32.1. The first-order valence-corrected chi connectivity index (χ1v) is 23.8. The molecule has 0 saturated heterocycles. The van der Waals surface area contributed by atoms with Gasteiger partial charge in [-0.1, -0.05) is 153 Å². The van der Waals surface area contributed by atoms with E-state index in [0.29, 0.717) is 0 Å². The van der Waals surface area contributed by atoms with Gasteiger partial charge in [0.1, 0.15) is 11.2 Å². The van der Waals surface area contributed by atoms with E-state index in [2.05, 4.69) is 200 Å². The highest BCUT2D eigenvalue weighted by Gasteiger charge is 2.28. The SMILES string of the molecule is C[C@@H]1CC/C(c2cccc3oc4ccccc4c23)=N\C(c2ccc3ccccc3c2)=N/C1c1cc(-n2c3cc4ccccc4cc3c3ccc4ccccc4c32)c2c(c1)sc1ccccc12. The summed E-state index contributed by atoms with van der Waals surface area (Å²) in [5.74, 6) is 0.943. The van der Waals surface area contributed by atoms with Crippen molar-refractivity contribution < 1.29 is 4.42 Å². The second-order valence-corrected chi connectivity index (χ2v) is 19.1. The summed E-state index contributed by atoms with van der Waals surface area (Å²) in [7, 11) is 0. The Hall–Kier alpha value is -7.86. The van der Waals surface area contributed by atoms with Crippen LogP contribution in [0, 0.1) is 5.92 Å². The van der Waals surface area contributed by atoms with Crippen molar-refractivity contribution in [3.8, 4) is 5.69 Å². The second kappa shape index (κ2) is 14.6. The van der Waals surface area contributed by atoms with Crippen molar-refractivity contribution in [1.82, 2.24) is 4.57 Å². The number of aliphatic imine (C=N–C) groups is 2. The smallest absolute Gasteiger partial charge is 0.155 e. The van der Waals surface area contributed by atoms with E-state index in [9.17, 15) is 0 Å². The van der Waals surface area contributed by atoms with Crippen LogP contribution in [0.15, 0.2) is 209 Å². The number of aromatic nitrogens is 1. The zero-order valence-corrected chi connectivity index (χ0v) is 37.0. The lowest BCUT2D eigenvalue weighted by Gasteiger charge is -2.26. The number of thiophene rings is 1. The third-order valence-electron chi connectivity index (χ3n) is 14.2. The molecule has 3 aromatic heterocycles. The molecule has 312 valence electrons. The summed E-state index contributed by atoms with van der Waals surface area (Å²) in [5, 5.41) is 14.6. The fourth-order valence-corrected chi connectivity index (χ4v) is 12.2. The van der Waals surface area contributed by atoms with Crippen molar-refractivity contribution in [3.05, 3.63) is 211 Å². The Morgan fingerprint density at radius 3 is 2.09 bits per heavy atom. The van der Waals surface area contributed by atoms with Gasteiger partial charge < -0.3 is 8.98 Å². The van der Waals surface area contributed by atoms with Crippen LogP contribution in [0.4, 0.5) is 0 Å². The molecule has 66 heavy (non-hydrogen) atoms. The molecule has 13 aromatic rings. The highest BCUT2D eigenvalue weighted by Crippen LogP contribution is 2.46. The molecule has 0 fully saturated rings. The zero-order chi connectivity index (χ0) is 43.5. The lowest BCUT2D eigenvalue weighted by molar-refractivity contribution is 0.446. The molecule has 1 aliphatic rings. The minimum absolute atomic E-state index is 0.165. The monoisotopic (exact) mass is 863 g/mol. The number of hydrogen-bond donors (Lipinski definition) is 0. The van der Waals surface area contributed by atoms with Crippen molar-refractivity contribution in [2.24, 2.45) is 15.9 Å². The topological polar surface area (TPSA) is 42.8 Å². The predicted molar refractivity (Wildman–Crippen MR) is 281 cm³/mol. The molecule has 0 amide bonds. The lowest BCUT2D eigenvalue weighted by atomic mass is 9.87. The molecule has 0 spiro atoms. The molecule has 1 aliphatic heterocycles. The van der Waals surface area contributed by atoms with Gasteiger partial charge in [0, 0.05) is 58.2 Å². The maximum absolute atomic E-state index is 6.41. The Morgan fingerprint density at radius 1 is 0.530 bits per heavy atom. The normalized spacial score (nSPS) is 17.6. The van der Waals surface area contributed by atoms with Crippen molar-refractivity contribution in [3.63, 3.8) is 0 Å². The third kappa shape index (κ3) is 5.76. The maximum atomic E-state index is 6.41. The largest absolute Gasteiger partial charge is 0.456 e. The maximum Gasteiger partial charge on any atom is 0.155 e. The molecule has 0 radical (unpaired) electrons. The second-order valence-electron chi connectivity index (χ2n) is 18.1. The van der Waals surface area contributed by atoms with Crippen LogP contribution in [-0.4, -0.2) is 16.1 Å². The average molecular weight is 864 g/mol. The molecule has 0 N–H and O–H groups in total. The van der Waals surface area contributed by atoms with Gasteiger partial charge in [-0.15, -0.1) is 11.3 Å². The Balaban J connectivity index is 1.06. The van der Waals surface area contributed by atoms with E-state index in [0.717, 1.165) is 57.5 Å². The van der Waals surface area contributed by atoms with Crippen LogP contribution >= 0.6 is 11.3 Å². The summed E-state index contributed by atoms with van der Waals surface area (Å²) in [6.45, 7) is 2.39. The van der Waals surface area contributed by atoms with Crippen LogP contribution < -0.4 is 0 Å². The van der Waals surface area contributed by atoms with Crippen molar-refractivity contribution in [2.75, 3.05) is 0 Å². The van der Waals surface area contributed by atoms with E-state index in [4.69, 9.17) is 14.4 Å². The first-order chi connectivity index (χ1) is 32.6. The minimum Gasteiger partial charge on any atom is -0.456 e. The van der Waals surface area contributed by atoms with Crippen LogP contribution in [0.5, 0.6) is 0 Å². The third-order valence-corrected chi connectivity index (χ3v) is 15.3. The van der Waals surface area contributed by atoms with E-state index < -0.39 is 0 Å². The highest BCUT2D eigenvalue weighted by molar-refractivity contribution is 7.25.